The molecule has 0 heterocycles. The number of rotatable bonds is 5. The summed E-state index contributed by atoms with van der Waals surface area (Å²) in [6, 6.07) is 15.5. The van der Waals surface area contributed by atoms with Gasteiger partial charge in [0.05, 0.1) is 0 Å². The van der Waals surface area contributed by atoms with Gasteiger partial charge in [-0.1, -0.05) is 40.2 Å². The number of benzene rings is 2. The molecule has 0 radical (unpaired) electrons. The minimum atomic E-state index is -0.153. The summed E-state index contributed by atoms with van der Waals surface area (Å²) in [5, 5.41) is 0.926. The Hall–Kier alpha value is -0.420. The lowest BCUT2D eigenvalue weighted by Crippen LogP contribution is -2.10. The number of hydrogen-bond donors (Lipinski definition) is 0. The molecule has 0 fully saturated rings. The molecule has 0 spiro atoms. The van der Waals surface area contributed by atoms with Crippen molar-refractivity contribution in [3.63, 3.8) is 0 Å². The molecule has 0 aliphatic carbocycles. The molecule has 2 rings (SSSR count). The molecule has 100 valence electrons. The summed E-state index contributed by atoms with van der Waals surface area (Å²) in [5.41, 5.74) is 2.40. The Morgan fingerprint density at radius 1 is 1.00 bits per heavy atom. The molecule has 1 unspecified atom stereocenters. The van der Waals surface area contributed by atoms with Crippen molar-refractivity contribution in [2.24, 2.45) is 5.92 Å². The van der Waals surface area contributed by atoms with Crippen LogP contribution in [0.1, 0.15) is 11.1 Å². The van der Waals surface area contributed by atoms with E-state index in [1.165, 1.54) is 15.2 Å². The second-order valence-electron chi connectivity index (χ2n) is 4.68. The van der Waals surface area contributed by atoms with Gasteiger partial charge in [0.2, 0.25) is 0 Å². The fourth-order valence-electron chi connectivity index (χ4n) is 2.13. The minimum absolute atomic E-state index is 0.153. The van der Waals surface area contributed by atoms with E-state index >= 15 is 0 Å². The summed E-state index contributed by atoms with van der Waals surface area (Å²) in [4.78, 5) is 0. The van der Waals surface area contributed by atoms with Crippen LogP contribution >= 0.6 is 38.5 Å². The SMILES string of the molecule is Fc1cccc(CC(CBr)Cc2ccc(I)cc2)c1. The van der Waals surface area contributed by atoms with Crippen LogP contribution in [0.15, 0.2) is 48.5 Å². The van der Waals surface area contributed by atoms with E-state index in [2.05, 4.69) is 62.8 Å². The average molecular weight is 433 g/mol. The van der Waals surface area contributed by atoms with E-state index in [1.54, 1.807) is 12.1 Å². The van der Waals surface area contributed by atoms with Crippen molar-refractivity contribution in [3.8, 4) is 0 Å². The summed E-state index contributed by atoms with van der Waals surface area (Å²) >= 11 is 5.88. The Kier molecular flexibility index (Phi) is 5.82. The van der Waals surface area contributed by atoms with E-state index in [-0.39, 0.29) is 5.82 Å². The summed E-state index contributed by atoms with van der Waals surface area (Å²) < 4.78 is 14.4. The second-order valence-corrected chi connectivity index (χ2v) is 6.58. The largest absolute Gasteiger partial charge is 0.207 e. The molecule has 0 aromatic heterocycles. The van der Waals surface area contributed by atoms with Crippen LogP contribution in [0.25, 0.3) is 0 Å². The number of halogens is 3. The van der Waals surface area contributed by atoms with E-state index < -0.39 is 0 Å². The molecule has 0 amide bonds. The Balaban J connectivity index is 2.02. The van der Waals surface area contributed by atoms with Crippen LogP contribution in [0.3, 0.4) is 0 Å². The number of hydrogen-bond acceptors (Lipinski definition) is 0. The number of alkyl halides is 1. The fourth-order valence-corrected chi connectivity index (χ4v) is 2.95. The summed E-state index contributed by atoms with van der Waals surface area (Å²) in [5.74, 6) is 0.335. The van der Waals surface area contributed by atoms with Crippen LogP contribution in [0.2, 0.25) is 0 Å². The van der Waals surface area contributed by atoms with Gasteiger partial charge in [-0.05, 0) is 76.7 Å². The van der Waals surface area contributed by atoms with Gasteiger partial charge in [-0.3, -0.25) is 0 Å². The molecule has 0 saturated heterocycles. The van der Waals surface area contributed by atoms with Crippen LogP contribution in [-0.2, 0) is 12.8 Å². The lowest BCUT2D eigenvalue weighted by molar-refractivity contribution is 0.582. The van der Waals surface area contributed by atoms with Gasteiger partial charge in [-0.15, -0.1) is 0 Å². The van der Waals surface area contributed by atoms with Crippen molar-refractivity contribution in [1.82, 2.24) is 0 Å². The summed E-state index contributed by atoms with van der Waals surface area (Å²) in [6.45, 7) is 0. The minimum Gasteiger partial charge on any atom is -0.207 e. The quantitative estimate of drug-likeness (QED) is 0.448. The standard InChI is InChI=1S/C16H15BrFI/c17-11-14(8-12-4-6-16(19)7-5-12)9-13-2-1-3-15(18)10-13/h1-7,10,14H,8-9,11H2. The third kappa shape index (κ3) is 4.88. The van der Waals surface area contributed by atoms with Crippen molar-refractivity contribution in [2.75, 3.05) is 5.33 Å². The first-order valence-electron chi connectivity index (χ1n) is 6.22. The van der Waals surface area contributed by atoms with E-state index in [0.717, 1.165) is 23.7 Å². The normalized spacial score (nSPS) is 12.4. The zero-order valence-corrected chi connectivity index (χ0v) is 14.2. The molecule has 0 bridgehead atoms. The van der Waals surface area contributed by atoms with Crippen LogP contribution in [0.4, 0.5) is 4.39 Å². The smallest absolute Gasteiger partial charge is 0.123 e. The highest BCUT2D eigenvalue weighted by molar-refractivity contribution is 14.1. The molecule has 0 saturated carbocycles. The van der Waals surface area contributed by atoms with Crippen molar-refractivity contribution in [3.05, 3.63) is 69.0 Å². The molecule has 19 heavy (non-hydrogen) atoms. The zero-order chi connectivity index (χ0) is 13.7. The lowest BCUT2D eigenvalue weighted by Gasteiger charge is -2.14. The maximum absolute atomic E-state index is 13.2. The molecule has 2 aromatic carbocycles. The predicted octanol–water partition coefficient (Wildman–Crippen LogP) is 5.23. The molecule has 2 aromatic rings. The molecule has 0 aliphatic heterocycles. The van der Waals surface area contributed by atoms with Crippen LogP contribution < -0.4 is 0 Å². The highest BCUT2D eigenvalue weighted by Gasteiger charge is 2.10. The van der Waals surface area contributed by atoms with E-state index in [0.29, 0.717) is 5.92 Å². The molecule has 0 N–H and O–H groups in total. The van der Waals surface area contributed by atoms with Crippen molar-refractivity contribution in [1.29, 1.82) is 0 Å². The van der Waals surface area contributed by atoms with Gasteiger partial charge >= 0.3 is 0 Å². The first-order chi connectivity index (χ1) is 9.17. The Bertz CT molecular complexity index is 525. The maximum Gasteiger partial charge on any atom is 0.123 e. The van der Waals surface area contributed by atoms with Gasteiger partial charge in [0, 0.05) is 8.90 Å². The third-order valence-corrected chi connectivity index (χ3v) is 4.70. The molecule has 1 atom stereocenters. The predicted molar refractivity (Wildman–Crippen MR) is 90.3 cm³/mol. The second kappa shape index (κ2) is 7.39. The average Bonchev–Trinajstić information content (AvgIpc) is 2.40. The van der Waals surface area contributed by atoms with Gasteiger partial charge in [0.25, 0.3) is 0 Å². The molecular weight excluding hydrogens is 418 g/mol. The first-order valence-corrected chi connectivity index (χ1v) is 8.42. The van der Waals surface area contributed by atoms with Crippen LogP contribution in [-0.4, -0.2) is 5.33 Å². The lowest BCUT2D eigenvalue weighted by atomic mass is 9.94. The topological polar surface area (TPSA) is 0 Å². The monoisotopic (exact) mass is 432 g/mol. The van der Waals surface area contributed by atoms with E-state index in [9.17, 15) is 4.39 Å². The highest BCUT2D eigenvalue weighted by atomic mass is 127. The molecule has 0 aliphatic rings. The van der Waals surface area contributed by atoms with Gasteiger partial charge in [-0.25, -0.2) is 4.39 Å². The maximum atomic E-state index is 13.2. The van der Waals surface area contributed by atoms with E-state index in [1.807, 2.05) is 6.07 Å². The highest BCUT2D eigenvalue weighted by Crippen LogP contribution is 2.18. The van der Waals surface area contributed by atoms with Crippen molar-refractivity contribution >= 4 is 38.5 Å². The molecule has 0 nitrogen and oxygen atoms in total. The van der Waals surface area contributed by atoms with Gasteiger partial charge in [0.1, 0.15) is 5.82 Å². The van der Waals surface area contributed by atoms with Crippen LogP contribution in [0.5, 0.6) is 0 Å². The Labute approximate surface area is 135 Å². The summed E-state index contributed by atoms with van der Waals surface area (Å²) in [6.07, 6.45) is 1.91. The van der Waals surface area contributed by atoms with Crippen molar-refractivity contribution in [2.45, 2.75) is 12.8 Å². The zero-order valence-electron chi connectivity index (χ0n) is 10.5. The van der Waals surface area contributed by atoms with Crippen LogP contribution in [0, 0.1) is 15.3 Å². The van der Waals surface area contributed by atoms with Gasteiger partial charge in [0.15, 0.2) is 0 Å². The Morgan fingerprint density at radius 3 is 2.32 bits per heavy atom. The molecular formula is C16H15BrFI. The molecule has 3 heteroatoms. The summed E-state index contributed by atoms with van der Waals surface area (Å²) in [7, 11) is 0. The Morgan fingerprint density at radius 2 is 1.68 bits per heavy atom. The van der Waals surface area contributed by atoms with Gasteiger partial charge in [-0.2, -0.15) is 0 Å². The van der Waals surface area contributed by atoms with Crippen molar-refractivity contribution < 1.29 is 4.39 Å². The fraction of sp³-hybridized carbons (Fsp3) is 0.250. The van der Waals surface area contributed by atoms with Gasteiger partial charge < -0.3 is 0 Å². The first kappa shape index (κ1) is 15.0. The third-order valence-electron chi connectivity index (χ3n) is 3.07. The van der Waals surface area contributed by atoms with E-state index in [4.69, 9.17) is 0 Å².